The Hall–Kier alpha value is -1.04. The number of benzene rings is 1. The number of nitrogens with zero attached hydrogens (tertiary/aromatic N) is 1. The van der Waals surface area contributed by atoms with Crippen LogP contribution in [0.15, 0.2) is 24.3 Å². The summed E-state index contributed by atoms with van der Waals surface area (Å²) in [5.41, 5.74) is 1.64. The topological polar surface area (TPSA) is 30.9 Å². The van der Waals surface area contributed by atoms with Gasteiger partial charge in [0.2, 0.25) is 0 Å². The summed E-state index contributed by atoms with van der Waals surface area (Å²) < 4.78 is 17.6. The molecule has 0 saturated carbocycles. The summed E-state index contributed by atoms with van der Waals surface area (Å²) in [6.07, 6.45) is 0.206. The van der Waals surface area contributed by atoms with Crippen molar-refractivity contribution in [2.24, 2.45) is 0 Å². The molecule has 0 aliphatic carbocycles. The van der Waals surface area contributed by atoms with Gasteiger partial charge < -0.3 is 18.9 Å². The maximum atomic E-state index is 6.10. The zero-order valence-corrected chi connectivity index (χ0v) is 15.6. The zero-order chi connectivity index (χ0) is 17.3. The van der Waals surface area contributed by atoms with Crippen LogP contribution in [-0.4, -0.2) is 44.6 Å². The smallest absolute Gasteiger partial charge is 0.399 e. The molecule has 128 valence electrons. The molecule has 0 spiro atoms. The Bertz CT molecular complexity index is 500. The number of likely N-dealkylation sites (N-methyl/N-ethyl adjacent to an activating group) is 1. The van der Waals surface area contributed by atoms with Gasteiger partial charge in [0.05, 0.1) is 17.3 Å². The van der Waals surface area contributed by atoms with Gasteiger partial charge in [0.1, 0.15) is 0 Å². The highest BCUT2D eigenvalue weighted by atomic mass is 16.7. The van der Waals surface area contributed by atoms with E-state index in [4.69, 9.17) is 14.0 Å². The minimum absolute atomic E-state index is 0.206. The van der Waals surface area contributed by atoms with Gasteiger partial charge in [-0.1, -0.05) is 12.1 Å². The van der Waals surface area contributed by atoms with Crippen LogP contribution in [0, 0.1) is 0 Å². The van der Waals surface area contributed by atoms with Gasteiger partial charge in [0, 0.05) is 25.9 Å². The average molecular weight is 319 g/mol. The summed E-state index contributed by atoms with van der Waals surface area (Å²) in [5, 5.41) is 0. The van der Waals surface area contributed by atoms with Gasteiger partial charge >= 0.3 is 7.12 Å². The lowest BCUT2D eigenvalue weighted by Gasteiger charge is -2.32. The fourth-order valence-electron chi connectivity index (χ4n) is 2.62. The third-order valence-electron chi connectivity index (χ3n) is 5.05. The van der Waals surface area contributed by atoms with Gasteiger partial charge in [0.15, 0.2) is 0 Å². The van der Waals surface area contributed by atoms with Crippen LogP contribution in [0.25, 0.3) is 0 Å². The van der Waals surface area contributed by atoms with E-state index in [0.29, 0.717) is 0 Å². The van der Waals surface area contributed by atoms with Crippen molar-refractivity contribution in [3.05, 3.63) is 24.3 Å². The first-order valence-corrected chi connectivity index (χ1v) is 8.43. The molecule has 0 N–H and O–H groups in total. The molecule has 1 unspecified atom stereocenters. The molecule has 0 amide bonds. The number of ether oxygens (including phenoxy) is 1. The molecule has 1 heterocycles. The molecule has 23 heavy (non-hydrogen) atoms. The first-order chi connectivity index (χ1) is 10.7. The number of hydrogen-bond donors (Lipinski definition) is 0. The quantitative estimate of drug-likeness (QED) is 0.755. The second-order valence-corrected chi connectivity index (χ2v) is 7.26. The molecule has 0 radical (unpaired) electrons. The highest BCUT2D eigenvalue weighted by Crippen LogP contribution is 2.36. The van der Waals surface area contributed by atoms with Gasteiger partial charge in [-0.25, -0.2) is 0 Å². The average Bonchev–Trinajstić information content (AvgIpc) is 2.73. The van der Waals surface area contributed by atoms with Crippen molar-refractivity contribution in [2.75, 3.05) is 25.1 Å². The van der Waals surface area contributed by atoms with Crippen molar-refractivity contribution in [1.82, 2.24) is 0 Å². The Balaban J connectivity index is 2.11. The number of rotatable bonds is 6. The Morgan fingerprint density at radius 1 is 1.09 bits per heavy atom. The van der Waals surface area contributed by atoms with Crippen LogP contribution >= 0.6 is 0 Å². The van der Waals surface area contributed by atoms with Crippen LogP contribution in [0.1, 0.15) is 41.5 Å². The van der Waals surface area contributed by atoms with Gasteiger partial charge in [-0.3, -0.25) is 0 Å². The predicted molar refractivity (Wildman–Crippen MR) is 96.5 cm³/mol. The van der Waals surface area contributed by atoms with Gasteiger partial charge in [-0.05, 0) is 59.1 Å². The third-order valence-corrected chi connectivity index (χ3v) is 5.05. The van der Waals surface area contributed by atoms with Crippen molar-refractivity contribution in [3.63, 3.8) is 0 Å². The van der Waals surface area contributed by atoms with Crippen LogP contribution < -0.4 is 10.4 Å². The first-order valence-electron chi connectivity index (χ1n) is 8.43. The standard InChI is InChI=1S/C18H30BNO3/c1-8-20(13-14(2)21-7)16-11-9-15(10-12-16)19-22-17(3,4)18(5,6)23-19/h9-12,14H,8,13H2,1-7H3. The molecule has 1 fully saturated rings. The van der Waals surface area contributed by atoms with Gasteiger partial charge in [-0.15, -0.1) is 0 Å². The van der Waals surface area contributed by atoms with E-state index < -0.39 is 0 Å². The van der Waals surface area contributed by atoms with Crippen molar-refractivity contribution in [3.8, 4) is 0 Å². The highest BCUT2D eigenvalue weighted by molar-refractivity contribution is 6.62. The zero-order valence-electron chi connectivity index (χ0n) is 15.6. The van der Waals surface area contributed by atoms with E-state index in [1.165, 1.54) is 5.69 Å². The van der Waals surface area contributed by atoms with Crippen LogP contribution in [0.5, 0.6) is 0 Å². The lowest BCUT2D eigenvalue weighted by molar-refractivity contribution is 0.00578. The second kappa shape index (κ2) is 6.84. The SMILES string of the molecule is CCN(CC(C)OC)c1ccc(B2OC(C)(C)C(C)(C)O2)cc1. The number of methoxy groups -OCH3 is 1. The minimum atomic E-state index is -0.306. The van der Waals surface area contributed by atoms with E-state index in [9.17, 15) is 0 Å². The summed E-state index contributed by atoms with van der Waals surface area (Å²) in [4.78, 5) is 2.31. The normalized spacial score (nSPS) is 20.6. The van der Waals surface area contributed by atoms with E-state index in [-0.39, 0.29) is 24.4 Å². The Morgan fingerprint density at radius 3 is 2.04 bits per heavy atom. The molecule has 0 aromatic heterocycles. The predicted octanol–water partition coefficient (Wildman–Crippen LogP) is 2.85. The molecule has 2 rings (SSSR count). The molecule has 1 aromatic rings. The van der Waals surface area contributed by atoms with Crippen LogP contribution in [-0.2, 0) is 14.0 Å². The highest BCUT2D eigenvalue weighted by Gasteiger charge is 2.51. The molecule has 1 aliphatic rings. The second-order valence-electron chi connectivity index (χ2n) is 7.26. The van der Waals surface area contributed by atoms with Crippen LogP contribution in [0.3, 0.4) is 0 Å². The van der Waals surface area contributed by atoms with E-state index in [1.807, 2.05) is 0 Å². The molecule has 0 bridgehead atoms. The monoisotopic (exact) mass is 319 g/mol. The number of anilines is 1. The molecular formula is C18H30BNO3. The maximum Gasteiger partial charge on any atom is 0.494 e. The van der Waals surface area contributed by atoms with Crippen molar-refractivity contribution in [2.45, 2.75) is 58.8 Å². The molecule has 4 nitrogen and oxygen atoms in total. The lowest BCUT2D eigenvalue weighted by atomic mass is 9.79. The molecule has 1 atom stereocenters. The van der Waals surface area contributed by atoms with E-state index in [2.05, 4.69) is 70.7 Å². The summed E-state index contributed by atoms with van der Waals surface area (Å²) in [6.45, 7) is 14.4. The van der Waals surface area contributed by atoms with Gasteiger partial charge in [0.25, 0.3) is 0 Å². The Labute approximate surface area is 141 Å². The van der Waals surface area contributed by atoms with Crippen LogP contribution in [0.2, 0.25) is 0 Å². The fraction of sp³-hybridized carbons (Fsp3) is 0.667. The van der Waals surface area contributed by atoms with E-state index in [0.717, 1.165) is 18.6 Å². The molecule has 1 aromatic carbocycles. The summed E-state index contributed by atoms with van der Waals surface area (Å²) >= 11 is 0. The molecular weight excluding hydrogens is 289 g/mol. The van der Waals surface area contributed by atoms with Crippen LogP contribution in [0.4, 0.5) is 5.69 Å². The number of hydrogen-bond acceptors (Lipinski definition) is 4. The summed E-state index contributed by atoms with van der Waals surface area (Å²) in [5.74, 6) is 0. The largest absolute Gasteiger partial charge is 0.494 e. The fourth-order valence-corrected chi connectivity index (χ4v) is 2.62. The van der Waals surface area contributed by atoms with E-state index in [1.54, 1.807) is 7.11 Å². The Kier molecular flexibility index (Phi) is 5.44. The molecule has 1 saturated heterocycles. The molecule has 5 heteroatoms. The van der Waals surface area contributed by atoms with Crippen molar-refractivity contribution in [1.29, 1.82) is 0 Å². The lowest BCUT2D eigenvalue weighted by Crippen LogP contribution is -2.41. The summed E-state index contributed by atoms with van der Waals surface area (Å²) in [7, 11) is 1.45. The minimum Gasteiger partial charge on any atom is -0.399 e. The van der Waals surface area contributed by atoms with Crippen molar-refractivity contribution >= 4 is 18.3 Å². The molecule has 1 aliphatic heterocycles. The summed E-state index contributed by atoms with van der Waals surface area (Å²) in [6, 6.07) is 8.45. The van der Waals surface area contributed by atoms with Crippen molar-refractivity contribution < 1.29 is 14.0 Å². The maximum absolute atomic E-state index is 6.10. The van der Waals surface area contributed by atoms with E-state index >= 15 is 0 Å². The third kappa shape index (κ3) is 3.90. The Morgan fingerprint density at radius 2 is 1.61 bits per heavy atom. The van der Waals surface area contributed by atoms with Gasteiger partial charge in [-0.2, -0.15) is 0 Å². The first kappa shape index (κ1) is 18.3.